The number of rotatable bonds is 6. The van der Waals surface area contributed by atoms with E-state index in [4.69, 9.17) is 4.42 Å². The number of thiazole rings is 1. The van der Waals surface area contributed by atoms with E-state index < -0.39 is 0 Å². The second-order valence-corrected chi connectivity index (χ2v) is 7.41. The van der Waals surface area contributed by atoms with Crippen molar-refractivity contribution in [2.24, 2.45) is 0 Å². The zero-order valence-electron chi connectivity index (χ0n) is 14.4. The average molecular weight is 367 g/mol. The third-order valence-corrected chi connectivity index (χ3v) is 5.70. The first-order valence-corrected chi connectivity index (χ1v) is 9.70. The molecule has 3 heterocycles. The molecule has 4 rings (SSSR count). The van der Waals surface area contributed by atoms with Crippen molar-refractivity contribution in [2.45, 2.75) is 18.9 Å². The fourth-order valence-electron chi connectivity index (χ4n) is 3.31. The molecule has 3 aromatic rings. The molecule has 1 fully saturated rings. The summed E-state index contributed by atoms with van der Waals surface area (Å²) in [6.45, 7) is 2.62. The summed E-state index contributed by atoms with van der Waals surface area (Å²) in [4.78, 5) is 20.0. The van der Waals surface area contributed by atoms with Crippen LogP contribution in [0.5, 0.6) is 0 Å². The van der Waals surface area contributed by atoms with Gasteiger partial charge in [0.25, 0.3) is 5.91 Å². The number of aromatic nitrogens is 1. The first kappa shape index (κ1) is 17.0. The van der Waals surface area contributed by atoms with E-state index >= 15 is 0 Å². The van der Waals surface area contributed by atoms with Gasteiger partial charge in [-0.05, 0) is 38.1 Å². The summed E-state index contributed by atoms with van der Waals surface area (Å²) >= 11 is 1.42. The third kappa shape index (κ3) is 3.71. The maximum Gasteiger partial charge on any atom is 0.263 e. The van der Waals surface area contributed by atoms with Crippen molar-refractivity contribution >= 4 is 17.2 Å². The van der Waals surface area contributed by atoms with Crippen molar-refractivity contribution in [2.75, 3.05) is 19.6 Å². The van der Waals surface area contributed by atoms with Gasteiger partial charge >= 0.3 is 0 Å². The normalized spacial score (nSPS) is 15.8. The highest BCUT2D eigenvalue weighted by atomic mass is 32.1. The van der Waals surface area contributed by atoms with Gasteiger partial charge in [-0.25, -0.2) is 4.98 Å². The summed E-state index contributed by atoms with van der Waals surface area (Å²) in [5.74, 6) is 0.821. The summed E-state index contributed by atoms with van der Waals surface area (Å²) in [6, 6.07) is 13.9. The maximum absolute atomic E-state index is 12.6. The highest BCUT2D eigenvalue weighted by molar-refractivity contribution is 7.16. The van der Waals surface area contributed by atoms with Crippen LogP contribution in [0, 0.1) is 0 Å². The Hall–Kier alpha value is -2.44. The van der Waals surface area contributed by atoms with E-state index in [1.54, 1.807) is 12.5 Å². The molecule has 0 spiro atoms. The predicted octanol–water partition coefficient (Wildman–Crippen LogP) is 3.97. The van der Waals surface area contributed by atoms with Gasteiger partial charge in [-0.2, -0.15) is 0 Å². The zero-order valence-corrected chi connectivity index (χ0v) is 15.2. The number of benzene rings is 1. The van der Waals surface area contributed by atoms with Crippen LogP contribution in [0.2, 0.25) is 0 Å². The Morgan fingerprint density at radius 3 is 2.73 bits per heavy atom. The minimum atomic E-state index is -0.0829. The molecular weight excluding hydrogens is 346 g/mol. The maximum atomic E-state index is 12.6. The lowest BCUT2D eigenvalue weighted by atomic mass is 10.2. The molecule has 1 aromatic carbocycles. The minimum Gasteiger partial charge on any atom is -0.468 e. The molecule has 5 nitrogen and oxygen atoms in total. The molecule has 2 aromatic heterocycles. The van der Waals surface area contributed by atoms with E-state index in [9.17, 15) is 4.79 Å². The Morgan fingerprint density at radius 1 is 1.19 bits per heavy atom. The molecule has 134 valence electrons. The minimum absolute atomic E-state index is 0.0814. The summed E-state index contributed by atoms with van der Waals surface area (Å²) < 4.78 is 5.61. The standard InChI is InChI=1S/C20H21N3O2S/c24-19(18-14-22-20(26-18)15-7-2-1-3-8-15)21-13-16(17-9-6-12-25-17)23-10-4-5-11-23/h1-3,6-9,12,14,16H,4-5,10-11,13H2,(H,21,24)/t16-/m1/s1. The smallest absolute Gasteiger partial charge is 0.263 e. The molecule has 0 unspecified atom stereocenters. The summed E-state index contributed by atoms with van der Waals surface area (Å²) in [5, 5.41) is 3.92. The molecule has 1 amide bonds. The second-order valence-electron chi connectivity index (χ2n) is 6.38. The Bertz CT molecular complexity index is 839. The molecule has 1 N–H and O–H groups in total. The molecule has 6 heteroatoms. The number of amides is 1. The molecule has 0 aliphatic carbocycles. The van der Waals surface area contributed by atoms with E-state index in [2.05, 4.69) is 15.2 Å². The molecule has 1 atom stereocenters. The zero-order chi connectivity index (χ0) is 17.8. The van der Waals surface area contributed by atoms with Crippen LogP contribution in [0.15, 0.2) is 59.3 Å². The van der Waals surface area contributed by atoms with Crippen molar-refractivity contribution in [3.63, 3.8) is 0 Å². The lowest BCUT2D eigenvalue weighted by molar-refractivity contribution is 0.0937. The van der Waals surface area contributed by atoms with E-state index in [0.717, 1.165) is 29.4 Å². The van der Waals surface area contributed by atoms with E-state index in [0.29, 0.717) is 11.4 Å². The highest BCUT2D eigenvalue weighted by Gasteiger charge is 2.26. The van der Waals surface area contributed by atoms with Crippen LogP contribution < -0.4 is 5.32 Å². The number of likely N-dealkylation sites (tertiary alicyclic amines) is 1. The molecule has 1 aliphatic heterocycles. The third-order valence-electron chi connectivity index (χ3n) is 4.66. The van der Waals surface area contributed by atoms with Gasteiger partial charge < -0.3 is 9.73 Å². The number of carbonyl (C=O) groups is 1. The molecule has 0 radical (unpaired) electrons. The van der Waals surface area contributed by atoms with Gasteiger partial charge in [0.15, 0.2) is 0 Å². The van der Waals surface area contributed by atoms with E-state index in [1.807, 2.05) is 42.5 Å². The summed E-state index contributed by atoms with van der Waals surface area (Å²) in [6.07, 6.45) is 5.73. The monoisotopic (exact) mass is 367 g/mol. The largest absolute Gasteiger partial charge is 0.468 e. The van der Waals surface area contributed by atoms with Crippen molar-refractivity contribution in [3.8, 4) is 10.6 Å². The van der Waals surface area contributed by atoms with Gasteiger partial charge in [0.1, 0.15) is 15.6 Å². The molecule has 1 aliphatic rings. The van der Waals surface area contributed by atoms with Crippen molar-refractivity contribution in [3.05, 3.63) is 65.6 Å². The summed E-state index contributed by atoms with van der Waals surface area (Å²) in [5.41, 5.74) is 1.03. The Kier molecular flexibility index (Phi) is 5.13. The van der Waals surface area contributed by atoms with Gasteiger partial charge in [-0.1, -0.05) is 30.3 Å². The number of hydrogen-bond acceptors (Lipinski definition) is 5. The first-order valence-electron chi connectivity index (χ1n) is 8.88. The van der Waals surface area contributed by atoms with E-state index in [-0.39, 0.29) is 11.9 Å². The second kappa shape index (κ2) is 7.85. The fourth-order valence-corrected chi connectivity index (χ4v) is 4.15. The average Bonchev–Trinajstić information content (AvgIpc) is 3.44. The Balaban J connectivity index is 1.43. The van der Waals surface area contributed by atoms with Crippen LogP contribution in [-0.2, 0) is 0 Å². The molecule has 0 bridgehead atoms. The highest BCUT2D eigenvalue weighted by Crippen LogP contribution is 2.26. The summed E-state index contributed by atoms with van der Waals surface area (Å²) in [7, 11) is 0. The quantitative estimate of drug-likeness (QED) is 0.716. The van der Waals surface area contributed by atoms with Crippen LogP contribution >= 0.6 is 11.3 Å². The lowest BCUT2D eigenvalue weighted by Gasteiger charge is -2.25. The van der Waals surface area contributed by atoms with Crippen molar-refractivity contribution in [1.29, 1.82) is 0 Å². The van der Waals surface area contributed by atoms with E-state index in [1.165, 1.54) is 24.2 Å². The number of hydrogen-bond donors (Lipinski definition) is 1. The van der Waals surface area contributed by atoms with Gasteiger partial charge in [-0.15, -0.1) is 11.3 Å². The Morgan fingerprint density at radius 2 is 2.00 bits per heavy atom. The van der Waals surface area contributed by atoms with Crippen LogP contribution in [0.25, 0.3) is 10.6 Å². The molecule has 26 heavy (non-hydrogen) atoms. The molecular formula is C20H21N3O2S. The van der Waals surface area contributed by atoms with Crippen molar-refractivity contribution in [1.82, 2.24) is 15.2 Å². The molecule has 0 saturated carbocycles. The Labute approximate surface area is 156 Å². The predicted molar refractivity (Wildman–Crippen MR) is 102 cm³/mol. The molecule has 1 saturated heterocycles. The topological polar surface area (TPSA) is 58.4 Å². The number of nitrogens with one attached hydrogen (secondary N) is 1. The van der Waals surface area contributed by atoms with Crippen LogP contribution in [0.1, 0.15) is 34.3 Å². The number of furan rings is 1. The van der Waals surface area contributed by atoms with Gasteiger partial charge in [0.2, 0.25) is 0 Å². The number of nitrogens with zero attached hydrogens (tertiary/aromatic N) is 2. The fraction of sp³-hybridized carbons (Fsp3) is 0.300. The van der Waals surface area contributed by atoms with Crippen molar-refractivity contribution < 1.29 is 9.21 Å². The first-order chi connectivity index (χ1) is 12.8. The van der Waals surface area contributed by atoms with Gasteiger partial charge in [-0.3, -0.25) is 9.69 Å². The van der Waals surface area contributed by atoms with Crippen LogP contribution in [0.4, 0.5) is 0 Å². The SMILES string of the molecule is O=C(NC[C@H](c1ccco1)N1CCCC1)c1cnc(-c2ccccc2)s1. The number of carbonyl (C=O) groups excluding carboxylic acids is 1. The van der Waals surface area contributed by atoms with Gasteiger partial charge in [0.05, 0.1) is 18.5 Å². The van der Waals surface area contributed by atoms with Gasteiger partial charge in [0, 0.05) is 12.1 Å². The lowest BCUT2D eigenvalue weighted by Crippen LogP contribution is -2.36. The van der Waals surface area contributed by atoms with Crippen LogP contribution in [0.3, 0.4) is 0 Å². The van der Waals surface area contributed by atoms with Crippen LogP contribution in [-0.4, -0.2) is 35.4 Å².